The standard InChI is InChI=1S/C31H40O8/c1-19(2)29(34)38-23-9-11-25(27(17-23)36-15-13-21(5)32)31(7,8)26-12-10-24(39-30(35)20(3)4)18-28(26)37-16-14-22(6)33/h9-12,17-18,21-22,32-33H,1,3,13-16H2,2,4-8H3. The molecule has 0 aliphatic heterocycles. The first-order valence-electron chi connectivity index (χ1n) is 12.9. The first-order valence-corrected chi connectivity index (χ1v) is 12.9. The lowest BCUT2D eigenvalue weighted by molar-refractivity contribution is -0.130. The number of carbonyl (C=O) groups is 2. The van der Waals surface area contributed by atoms with Crippen molar-refractivity contribution >= 4 is 11.9 Å². The van der Waals surface area contributed by atoms with Crippen molar-refractivity contribution in [3.63, 3.8) is 0 Å². The molecule has 39 heavy (non-hydrogen) atoms. The Morgan fingerprint density at radius 1 is 0.769 bits per heavy atom. The van der Waals surface area contributed by atoms with Gasteiger partial charge in [-0.1, -0.05) is 39.1 Å². The van der Waals surface area contributed by atoms with Crippen LogP contribution in [0.5, 0.6) is 23.0 Å². The van der Waals surface area contributed by atoms with Crippen LogP contribution >= 0.6 is 0 Å². The summed E-state index contributed by atoms with van der Waals surface area (Å²) >= 11 is 0. The van der Waals surface area contributed by atoms with Gasteiger partial charge in [-0.25, -0.2) is 9.59 Å². The number of ether oxygens (including phenoxy) is 4. The summed E-state index contributed by atoms with van der Waals surface area (Å²) in [6.07, 6.45) is -0.276. The van der Waals surface area contributed by atoms with E-state index in [1.165, 1.54) is 0 Å². The average Bonchev–Trinajstić information content (AvgIpc) is 2.83. The summed E-state index contributed by atoms with van der Waals surface area (Å²) < 4.78 is 23.0. The van der Waals surface area contributed by atoms with Gasteiger partial charge in [0, 0.05) is 52.7 Å². The van der Waals surface area contributed by atoms with Gasteiger partial charge < -0.3 is 29.2 Å². The molecule has 212 valence electrons. The number of carbonyl (C=O) groups excluding carboxylic acids is 2. The summed E-state index contributed by atoms with van der Waals surface area (Å²) in [4.78, 5) is 24.2. The molecule has 2 N–H and O–H groups in total. The topological polar surface area (TPSA) is 112 Å². The Bertz CT molecular complexity index is 1100. The van der Waals surface area contributed by atoms with E-state index in [9.17, 15) is 19.8 Å². The SMILES string of the molecule is C=C(C)C(=O)Oc1ccc(C(C)(C)c2ccc(OC(=O)C(=C)C)cc2OCCC(C)O)c(OCCC(C)O)c1. The van der Waals surface area contributed by atoms with Gasteiger partial charge in [-0.3, -0.25) is 0 Å². The van der Waals surface area contributed by atoms with Crippen LogP contribution in [0.2, 0.25) is 0 Å². The van der Waals surface area contributed by atoms with Crippen LogP contribution in [0.4, 0.5) is 0 Å². The Hall–Kier alpha value is -3.62. The molecule has 8 heteroatoms. The molecule has 0 saturated heterocycles. The molecule has 0 spiro atoms. The molecule has 0 fully saturated rings. The van der Waals surface area contributed by atoms with E-state index in [2.05, 4.69) is 13.2 Å². The van der Waals surface area contributed by atoms with Crippen LogP contribution < -0.4 is 18.9 Å². The second-order valence-corrected chi connectivity index (χ2v) is 10.3. The molecule has 0 amide bonds. The van der Waals surface area contributed by atoms with Crippen LogP contribution in [0.25, 0.3) is 0 Å². The van der Waals surface area contributed by atoms with Gasteiger partial charge in [0.25, 0.3) is 0 Å². The van der Waals surface area contributed by atoms with Crippen LogP contribution in [0.15, 0.2) is 60.7 Å². The predicted molar refractivity (Wildman–Crippen MR) is 149 cm³/mol. The van der Waals surface area contributed by atoms with Crippen LogP contribution in [0.3, 0.4) is 0 Å². The number of rotatable bonds is 14. The van der Waals surface area contributed by atoms with Crippen molar-refractivity contribution in [2.24, 2.45) is 0 Å². The number of hydrogen-bond acceptors (Lipinski definition) is 8. The summed E-state index contributed by atoms with van der Waals surface area (Å²) in [6.45, 7) is 18.2. The highest BCUT2D eigenvalue weighted by atomic mass is 16.5. The van der Waals surface area contributed by atoms with E-state index >= 15 is 0 Å². The minimum Gasteiger partial charge on any atom is -0.493 e. The molecule has 2 aromatic rings. The number of benzene rings is 2. The van der Waals surface area contributed by atoms with E-state index in [0.717, 1.165) is 11.1 Å². The lowest BCUT2D eigenvalue weighted by atomic mass is 9.77. The number of esters is 2. The highest BCUT2D eigenvalue weighted by molar-refractivity contribution is 5.89. The van der Waals surface area contributed by atoms with Gasteiger partial charge >= 0.3 is 11.9 Å². The molecule has 2 atom stereocenters. The molecule has 0 aliphatic carbocycles. The third-order valence-electron chi connectivity index (χ3n) is 5.96. The van der Waals surface area contributed by atoms with Gasteiger partial charge in [0.2, 0.25) is 0 Å². The molecule has 0 radical (unpaired) electrons. The molecular formula is C31H40O8. The highest BCUT2D eigenvalue weighted by Gasteiger charge is 2.31. The van der Waals surface area contributed by atoms with Crippen LogP contribution in [-0.4, -0.2) is 47.6 Å². The van der Waals surface area contributed by atoms with Gasteiger partial charge in [0.1, 0.15) is 23.0 Å². The Balaban J connectivity index is 2.56. The summed E-state index contributed by atoms with van der Waals surface area (Å²) in [5, 5.41) is 19.4. The fourth-order valence-electron chi connectivity index (χ4n) is 3.62. The predicted octanol–water partition coefficient (Wildman–Crippen LogP) is 5.27. The summed E-state index contributed by atoms with van der Waals surface area (Å²) in [5.41, 5.74) is 1.38. The van der Waals surface area contributed by atoms with E-state index in [1.807, 2.05) is 26.0 Å². The Kier molecular flexibility index (Phi) is 11.3. The van der Waals surface area contributed by atoms with Gasteiger partial charge in [-0.2, -0.15) is 0 Å². The molecule has 2 unspecified atom stereocenters. The van der Waals surface area contributed by atoms with E-state index in [0.29, 0.717) is 35.8 Å². The van der Waals surface area contributed by atoms with Crippen molar-refractivity contribution in [1.82, 2.24) is 0 Å². The third-order valence-corrected chi connectivity index (χ3v) is 5.96. The molecule has 8 nitrogen and oxygen atoms in total. The van der Waals surface area contributed by atoms with Crippen LogP contribution in [0, 0.1) is 0 Å². The maximum absolute atomic E-state index is 12.1. The van der Waals surface area contributed by atoms with Gasteiger partial charge in [-0.05, 0) is 39.8 Å². The van der Waals surface area contributed by atoms with E-state index in [4.69, 9.17) is 18.9 Å². The zero-order valence-electron chi connectivity index (χ0n) is 23.7. The second kappa shape index (κ2) is 14.0. The van der Waals surface area contributed by atoms with E-state index < -0.39 is 29.6 Å². The first kappa shape index (κ1) is 31.6. The van der Waals surface area contributed by atoms with Crippen molar-refractivity contribution < 1.29 is 38.7 Å². The largest absolute Gasteiger partial charge is 0.493 e. The molecule has 0 aliphatic rings. The third kappa shape index (κ3) is 9.26. The minimum absolute atomic E-state index is 0.242. The molecule has 0 aromatic heterocycles. The summed E-state index contributed by atoms with van der Waals surface area (Å²) in [7, 11) is 0. The normalized spacial score (nSPS) is 12.7. The van der Waals surface area contributed by atoms with Gasteiger partial charge in [-0.15, -0.1) is 0 Å². The maximum Gasteiger partial charge on any atom is 0.338 e. The van der Waals surface area contributed by atoms with Crippen LogP contribution in [-0.2, 0) is 15.0 Å². The van der Waals surface area contributed by atoms with E-state index in [1.54, 1.807) is 52.0 Å². The minimum atomic E-state index is -0.700. The van der Waals surface area contributed by atoms with Crippen molar-refractivity contribution in [3.05, 3.63) is 71.8 Å². The molecule has 0 heterocycles. The van der Waals surface area contributed by atoms with Crippen molar-refractivity contribution in [3.8, 4) is 23.0 Å². The first-order chi connectivity index (χ1) is 18.2. The zero-order valence-corrected chi connectivity index (χ0v) is 23.7. The lowest BCUT2D eigenvalue weighted by Crippen LogP contribution is -2.23. The fraction of sp³-hybridized carbons (Fsp3) is 0.419. The van der Waals surface area contributed by atoms with E-state index in [-0.39, 0.29) is 24.4 Å². The molecular weight excluding hydrogens is 500 g/mol. The van der Waals surface area contributed by atoms with Crippen molar-refractivity contribution in [2.75, 3.05) is 13.2 Å². The zero-order chi connectivity index (χ0) is 29.3. The number of aliphatic hydroxyl groups is 2. The number of aliphatic hydroxyl groups excluding tert-OH is 2. The summed E-state index contributed by atoms with van der Waals surface area (Å²) in [6, 6.07) is 10.3. The van der Waals surface area contributed by atoms with Crippen molar-refractivity contribution in [2.45, 2.75) is 72.0 Å². The monoisotopic (exact) mass is 540 g/mol. The molecule has 0 saturated carbocycles. The lowest BCUT2D eigenvalue weighted by Gasteiger charge is -2.30. The second-order valence-electron chi connectivity index (χ2n) is 10.3. The molecule has 2 rings (SSSR count). The average molecular weight is 541 g/mol. The van der Waals surface area contributed by atoms with Crippen LogP contribution in [0.1, 0.15) is 65.5 Å². The van der Waals surface area contributed by atoms with Gasteiger partial charge in [0.15, 0.2) is 0 Å². The Morgan fingerprint density at radius 2 is 1.13 bits per heavy atom. The fourth-order valence-corrected chi connectivity index (χ4v) is 3.62. The van der Waals surface area contributed by atoms with Gasteiger partial charge in [0.05, 0.1) is 25.4 Å². The maximum atomic E-state index is 12.1. The summed E-state index contributed by atoms with van der Waals surface area (Å²) in [5.74, 6) is 0.437. The Morgan fingerprint density at radius 3 is 1.44 bits per heavy atom. The Labute approximate surface area is 230 Å². The van der Waals surface area contributed by atoms with Crippen molar-refractivity contribution in [1.29, 1.82) is 0 Å². The quantitative estimate of drug-likeness (QED) is 0.189. The number of hydrogen-bond donors (Lipinski definition) is 2. The molecule has 0 bridgehead atoms. The highest BCUT2D eigenvalue weighted by Crippen LogP contribution is 2.44. The smallest absolute Gasteiger partial charge is 0.338 e. The molecule has 2 aromatic carbocycles.